The van der Waals surface area contributed by atoms with Crippen molar-refractivity contribution < 1.29 is 14.3 Å². The van der Waals surface area contributed by atoms with Crippen LogP contribution in [0, 0.1) is 0 Å². The first-order valence-corrected chi connectivity index (χ1v) is 9.07. The molecule has 1 aliphatic heterocycles. The highest BCUT2D eigenvalue weighted by Gasteiger charge is 2.30. The molecule has 1 atom stereocenters. The number of rotatable bonds is 4. The minimum absolute atomic E-state index is 0.0152. The number of imidazole rings is 1. The van der Waals surface area contributed by atoms with Gasteiger partial charge in [-0.15, -0.1) is 0 Å². The normalized spacial score (nSPS) is 16.7. The number of hydrogen-bond donors (Lipinski definition) is 0. The summed E-state index contributed by atoms with van der Waals surface area (Å²) >= 11 is 1.61. The van der Waals surface area contributed by atoms with Crippen LogP contribution in [0.15, 0.2) is 47.6 Å². The first-order chi connectivity index (χ1) is 12.2. The SMILES string of the molecule is CCOc1ccc([C@H]2CC(=O)n3c(nc4ccccc43)S2)cc1OC. The monoisotopic (exact) mass is 354 g/mol. The van der Waals surface area contributed by atoms with Crippen LogP contribution < -0.4 is 9.47 Å². The molecule has 1 aliphatic rings. The summed E-state index contributed by atoms with van der Waals surface area (Å²) in [4.78, 5) is 17.3. The summed E-state index contributed by atoms with van der Waals surface area (Å²) in [6.07, 6.45) is 0.426. The van der Waals surface area contributed by atoms with Gasteiger partial charge < -0.3 is 9.47 Å². The lowest BCUT2D eigenvalue weighted by atomic mass is 10.1. The fraction of sp³-hybridized carbons (Fsp3) is 0.263. The van der Waals surface area contributed by atoms with Gasteiger partial charge in [0.05, 0.1) is 24.8 Å². The van der Waals surface area contributed by atoms with Gasteiger partial charge in [0.25, 0.3) is 0 Å². The quantitative estimate of drug-likeness (QED) is 0.698. The van der Waals surface area contributed by atoms with E-state index in [0.717, 1.165) is 21.8 Å². The molecule has 0 spiro atoms. The van der Waals surface area contributed by atoms with Crippen molar-refractivity contribution >= 4 is 28.7 Å². The number of carbonyl (C=O) groups is 1. The highest BCUT2D eigenvalue weighted by atomic mass is 32.2. The Hall–Kier alpha value is -2.47. The largest absolute Gasteiger partial charge is 0.493 e. The third kappa shape index (κ3) is 2.76. The lowest BCUT2D eigenvalue weighted by molar-refractivity contribution is 0.0891. The van der Waals surface area contributed by atoms with Gasteiger partial charge in [0.15, 0.2) is 16.7 Å². The fourth-order valence-electron chi connectivity index (χ4n) is 3.09. The molecule has 3 aromatic rings. The number of para-hydroxylation sites is 2. The van der Waals surface area contributed by atoms with Gasteiger partial charge in [-0.2, -0.15) is 0 Å². The van der Waals surface area contributed by atoms with E-state index < -0.39 is 0 Å². The molecule has 128 valence electrons. The molecular formula is C19H18N2O3S. The van der Waals surface area contributed by atoms with Gasteiger partial charge >= 0.3 is 0 Å². The lowest BCUT2D eigenvalue weighted by Crippen LogP contribution is -2.19. The lowest BCUT2D eigenvalue weighted by Gasteiger charge is -2.23. The van der Waals surface area contributed by atoms with Crippen molar-refractivity contribution in [2.75, 3.05) is 13.7 Å². The second kappa shape index (κ2) is 6.44. The fourth-order valence-corrected chi connectivity index (χ4v) is 4.31. The van der Waals surface area contributed by atoms with Crippen molar-refractivity contribution in [3.63, 3.8) is 0 Å². The maximum absolute atomic E-state index is 12.7. The maximum atomic E-state index is 12.7. The second-order valence-electron chi connectivity index (χ2n) is 5.77. The molecular weight excluding hydrogens is 336 g/mol. The Morgan fingerprint density at radius 2 is 2.08 bits per heavy atom. The summed E-state index contributed by atoms with van der Waals surface area (Å²) in [5, 5.41) is 0.761. The Morgan fingerprint density at radius 1 is 1.24 bits per heavy atom. The molecule has 0 fully saturated rings. The molecule has 25 heavy (non-hydrogen) atoms. The van der Waals surface area contributed by atoms with Crippen LogP contribution in [0.4, 0.5) is 0 Å². The summed E-state index contributed by atoms with van der Waals surface area (Å²) in [6.45, 7) is 2.52. The molecule has 0 bridgehead atoms. The number of methoxy groups -OCH3 is 1. The van der Waals surface area contributed by atoms with Crippen LogP contribution in [0.1, 0.15) is 29.0 Å². The van der Waals surface area contributed by atoms with Crippen LogP contribution >= 0.6 is 11.8 Å². The van der Waals surface area contributed by atoms with Gasteiger partial charge in [-0.05, 0) is 36.8 Å². The smallest absolute Gasteiger partial charge is 0.234 e. The predicted octanol–water partition coefficient (Wildman–Crippen LogP) is 4.32. The number of nitrogens with zero attached hydrogens (tertiary/aromatic N) is 2. The number of ether oxygens (including phenoxy) is 2. The highest BCUT2D eigenvalue weighted by molar-refractivity contribution is 7.99. The summed E-state index contributed by atoms with van der Waals surface area (Å²) in [7, 11) is 1.63. The standard InChI is InChI=1S/C19H18N2O3S/c1-3-24-15-9-8-12(10-16(15)23-2)17-11-18(22)21-14-7-5-4-6-13(14)20-19(21)25-17/h4-10,17H,3,11H2,1-2H3/t17-/m1/s1. The van der Waals surface area contributed by atoms with Crippen LogP contribution in [0.2, 0.25) is 0 Å². The summed E-state index contributed by atoms with van der Waals surface area (Å²) in [5.41, 5.74) is 2.76. The minimum Gasteiger partial charge on any atom is -0.493 e. The molecule has 2 heterocycles. The Labute approximate surface area is 150 Å². The number of aromatic nitrogens is 2. The molecule has 1 aromatic heterocycles. The molecule has 0 amide bonds. The molecule has 2 aromatic carbocycles. The van der Waals surface area contributed by atoms with E-state index in [9.17, 15) is 4.79 Å². The molecule has 0 saturated carbocycles. The zero-order valence-corrected chi connectivity index (χ0v) is 14.9. The van der Waals surface area contributed by atoms with E-state index in [0.29, 0.717) is 24.5 Å². The Bertz CT molecular complexity index is 951. The zero-order valence-electron chi connectivity index (χ0n) is 14.1. The predicted molar refractivity (Wildman–Crippen MR) is 97.7 cm³/mol. The summed E-state index contributed by atoms with van der Waals surface area (Å²) in [6, 6.07) is 13.6. The molecule has 0 radical (unpaired) electrons. The first-order valence-electron chi connectivity index (χ1n) is 8.19. The van der Waals surface area contributed by atoms with E-state index in [-0.39, 0.29) is 11.2 Å². The summed E-state index contributed by atoms with van der Waals surface area (Å²) < 4.78 is 12.7. The van der Waals surface area contributed by atoms with E-state index in [1.165, 1.54) is 0 Å². The van der Waals surface area contributed by atoms with Crippen LogP contribution in [-0.4, -0.2) is 29.2 Å². The van der Waals surface area contributed by atoms with Crippen molar-refractivity contribution in [1.82, 2.24) is 9.55 Å². The zero-order chi connectivity index (χ0) is 17.4. The van der Waals surface area contributed by atoms with Crippen molar-refractivity contribution in [1.29, 1.82) is 0 Å². The average molecular weight is 354 g/mol. The van der Waals surface area contributed by atoms with Gasteiger partial charge in [0, 0.05) is 11.7 Å². The third-order valence-electron chi connectivity index (χ3n) is 4.25. The summed E-state index contributed by atoms with van der Waals surface area (Å²) in [5.74, 6) is 1.47. The van der Waals surface area contributed by atoms with Crippen molar-refractivity contribution in [3.05, 3.63) is 48.0 Å². The number of benzene rings is 2. The van der Waals surface area contributed by atoms with Crippen molar-refractivity contribution in [2.45, 2.75) is 23.8 Å². The third-order valence-corrected chi connectivity index (χ3v) is 5.45. The maximum Gasteiger partial charge on any atom is 0.234 e. The van der Waals surface area contributed by atoms with Crippen LogP contribution in [0.25, 0.3) is 11.0 Å². The molecule has 0 unspecified atom stereocenters. The molecule has 0 aliphatic carbocycles. The highest BCUT2D eigenvalue weighted by Crippen LogP contribution is 2.44. The van der Waals surface area contributed by atoms with Crippen molar-refractivity contribution in [2.24, 2.45) is 0 Å². The first kappa shape index (κ1) is 16.0. The molecule has 0 N–H and O–H groups in total. The number of fused-ring (bicyclic) bond motifs is 3. The Balaban J connectivity index is 1.70. The number of hydrogen-bond acceptors (Lipinski definition) is 5. The van der Waals surface area contributed by atoms with Crippen LogP contribution in [0.3, 0.4) is 0 Å². The van der Waals surface area contributed by atoms with E-state index >= 15 is 0 Å². The van der Waals surface area contributed by atoms with E-state index in [1.807, 2.05) is 49.4 Å². The van der Waals surface area contributed by atoms with Gasteiger partial charge in [-0.1, -0.05) is 30.0 Å². The number of thioether (sulfide) groups is 1. The Kier molecular flexibility index (Phi) is 4.13. The Morgan fingerprint density at radius 3 is 2.88 bits per heavy atom. The van der Waals surface area contributed by atoms with Crippen molar-refractivity contribution in [3.8, 4) is 11.5 Å². The molecule has 0 saturated heterocycles. The van der Waals surface area contributed by atoms with Gasteiger partial charge in [0.1, 0.15) is 0 Å². The molecule has 6 heteroatoms. The topological polar surface area (TPSA) is 53.4 Å². The minimum atomic E-state index is 0.0152. The molecule has 4 rings (SSSR count). The second-order valence-corrected chi connectivity index (χ2v) is 6.94. The van der Waals surface area contributed by atoms with E-state index in [2.05, 4.69) is 4.98 Å². The van der Waals surface area contributed by atoms with Gasteiger partial charge in [-0.25, -0.2) is 4.98 Å². The van der Waals surface area contributed by atoms with Crippen LogP contribution in [0.5, 0.6) is 11.5 Å². The average Bonchev–Trinajstić information content (AvgIpc) is 3.01. The van der Waals surface area contributed by atoms with E-state index in [1.54, 1.807) is 23.4 Å². The van der Waals surface area contributed by atoms with Crippen LogP contribution in [-0.2, 0) is 0 Å². The van der Waals surface area contributed by atoms with Gasteiger partial charge in [-0.3, -0.25) is 9.36 Å². The van der Waals surface area contributed by atoms with Gasteiger partial charge in [0.2, 0.25) is 5.91 Å². The van der Waals surface area contributed by atoms with E-state index in [4.69, 9.17) is 9.47 Å². The molecule has 5 nitrogen and oxygen atoms in total. The number of carbonyl (C=O) groups excluding carboxylic acids is 1.